The molecule has 1 atom stereocenters. The van der Waals surface area contributed by atoms with Gasteiger partial charge in [0.1, 0.15) is 12.7 Å². The van der Waals surface area contributed by atoms with Crippen molar-refractivity contribution in [3.63, 3.8) is 0 Å². The van der Waals surface area contributed by atoms with Crippen LogP contribution in [-0.4, -0.2) is 79.5 Å². The lowest BCUT2D eigenvalue weighted by molar-refractivity contribution is 0.0704. The van der Waals surface area contributed by atoms with Gasteiger partial charge in [-0.2, -0.15) is 11.8 Å². The topological polar surface area (TPSA) is 45.2 Å². The molecule has 0 spiro atoms. The molecule has 1 saturated carbocycles. The number of hydrogen-bond donors (Lipinski definition) is 1. The van der Waals surface area contributed by atoms with Gasteiger partial charge in [-0.15, -0.1) is 0 Å². The SMILES string of the molecule is COc1cc(CN(C)CC2CC2)ccc1OC[C@@H](O)CN1CCSCC1. The van der Waals surface area contributed by atoms with Crippen LogP contribution >= 0.6 is 11.8 Å². The van der Waals surface area contributed by atoms with Gasteiger partial charge in [0.25, 0.3) is 0 Å². The van der Waals surface area contributed by atoms with E-state index in [2.05, 4.69) is 22.9 Å². The van der Waals surface area contributed by atoms with Crippen molar-refractivity contribution in [2.75, 3.05) is 58.4 Å². The van der Waals surface area contributed by atoms with Crippen molar-refractivity contribution in [3.05, 3.63) is 23.8 Å². The summed E-state index contributed by atoms with van der Waals surface area (Å²) in [6.07, 6.45) is 2.27. The van der Waals surface area contributed by atoms with Crippen LogP contribution in [0.1, 0.15) is 18.4 Å². The van der Waals surface area contributed by atoms with Gasteiger partial charge in [-0.25, -0.2) is 0 Å². The Hall–Kier alpha value is -0.950. The van der Waals surface area contributed by atoms with Crippen LogP contribution in [0.4, 0.5) is 0 Å². The van der Waals surface area contributed by atoms with E-state index in [4.69, 9.17) is 9.47 Å². The van der Waals surface area contributed by atoms with E-state index in [1.54, 1.807) is 7.11 Å². The Kier molecular flexibility index (Phi) is 7.49. The third-order valence-corrected chi connectivity index (χ3v) is 5.89. The second-order valence-corrected chi connectivity index (χ2v) is 8.73. The molecule has 0 unspecified atom stereocenters. The number of hydrogen-bond acceptors (Lipinski definition) is 6. The third kappa shape index (κ3) is 6.34. The number of nitrogens with zero attached hydrogens (tertiary/aromatic N) is 2. The Labute approximate surface area is 161 Å². The zero-order chi connectivity index (χ0) is 18.4. The molecule has 1 aromatic carbocycles. The van der Waals surface area contributed by atoms with E-state index in [-0.39, 0.29) is 0 Å². The maximum atomic E-state index is 10.3. The van der Waals surface area contributed by atoms with Crippen LogP contribution in [0.25, 0.3) is 0 Å². The zero-order valence-electron chi connectivity index (χ0n) is 16.0. The Morgan fingerprint density at radius 2 is 2.04 bits per heavy atom. The van der Waals surface area contributed by atoms with Gasteiger partial charge in [0.05, 0.1) is 7.11 Å². The molecule has 2 aliphatic rings. The summed E-state index contributed by atoms with van der Waals surface area (Å²) in [5, 5.41) is 10.3. The lowest BCUT2D eigenvalue weighted by Gasteiger charge is -2.28. The Bertz CT molecular complexity index is 562. The molecule has 3 rings (SSSR count). The van der Waals surface area contributed by atoms with Crippen molar-refractivity contribution in [3.8, 4) is 11.5 Å². The fourth-order valence-electron chi connectivity index (χ4n) is 3.37. The molecule has 2 fully saturated rings. The summed E-state index contributed by atoms with van der Waals surface area (Å²) in [5.41, 5.74) is 1.23. The summed E-state index contributed by atoms with van der Waals surface area (Å²) in [6, 6.07) is 6.10. The Morgan fingerprint density at radius 1 is 1.27 bits per heavy atom. The van der Waals surface area contributed by atoms with E-state index in [0.29, 0.717) is 18.9 Å². The molecule has 5 nitrogen and oxygen atoms in total. The van der Waals surface area contributed by atoms with Crippen LogP contribution in [0.3, 0.4) is 0 Å². The normalized spacial score (nSPS) is 19.5. The molecule has 146 valence electrons. The van der Waals surface area contributed by atoms with Crippen LogP contribution in [0.2, 0.25) is 0 Å². The van der Waals surface area contributed by atoms with E-state index in [1.807, 2.05) is 23.9 Å². The van der Waals surface area contributed by atoms with E-state index in [9.17, 15) is 5.11 Å². The summed E-state index contributed by atoms with van der Waals surface area (Å²) >= 11 is 1.98. The average molecular weight is 381 g/mol. The van der Waals surface area contributed by atoms with Gasteiger partial charge in [-0.05, 0) is 43.5 Å². The van der Waals surface area contributed by atoms with Crippen LogP contribution in [0.15, 0.2) is 18.2 Å². The number of thioether (sulfide) groups is 1. The molecule has 1 aromatic rings. The number of ether oxygens (including phenoxy) is 2. The second kappa shape index (κ2) is 9.83. The lowest BCUT2D eigenvalue weighted by Crippen LogP contribution is -2.40. The minimum absolute atomic E-state index is 0.293. The first-order valence-corrected chi connectivity index (χ1v) is 10.8. The highest BCUT2D eigenvalue weighted by Gasteiger charge is 2.23. The molecule has 1 aliphatic carbocycles. The maximum absolute atomic E-state index is 10.3. The van der Waals surface area contributed by atoms with Gasteiger partial charge in [-0.1, -0.05) is 6.07 Å². The maximum Gasteiger partial charge on any atom is 0.161 e. The largest absolute Gasteiger partial charge is 0.493 e. The fraction of sp³-hybridized carbons (Fsp3) is 0.700. The highest BCUT2D eigenvalue weighted by Crippen LogP contribution is 2.31. The Morgan fingerprint density at radius 3 is 2.73 bits per heavy atom. The quantitative estimate of drug-likeness (QED) is 0.672. The molecule has 0 amide bonds. The number of aliphatic hydroxyl groups is 1. The minimum atomic E-state index is -0.479. The molecule has 26 heavy (non-hydrogen) atoms. The average Bonchev–Trinajstić information content (AvgIpc) is 3.45. The van der Waals surface area contributed by atoms with E-state index >= 15 is 0 Å². The van der Waals surface area contributed by atoms with Gasteiger partial charge in [0.15, 0.2) is 11.5 Å². The number of aliphatic hydroxyl groups excluding tert-OH is 1. The molecule has 1 N–H and O–H groups in total. The summed E-state index contributed by atoms with van der Waals surface area (Å²) in [5.74, 6) is 4.64. The van der Waals surface area contributed by atoms with Gasteiger partial charge >= 0.3 is 0 Å². The summed E-state index contributed by atoms with van der Waals surface area (Å²) < 4.78 is 11.4. The number of rotatable bonds is 10. The van der Waals surface area contributed by atoms with Crippen LogP contribution in [0.5, 0.6) is 11.5 Å². The smallest absolute Gasteiger partial charge is 0.161 e. The molecule has 1 saturated heterocycles. The molecule has 0 bridgehead atoms. The van der Waals surface area contributed by atoms with Crippen molar-refractivity contribution in [1.29, 1.82) is 0 Å². The molecular weight excluding hydrogens is 348 g/mol. The highest BCUT2D eigenvalue weighted by atomic mass is 32.2. The first-order chi connectivity index (χ1) is 12.6. The van der Waals surface area contributed by atoms with E-state index in [0.717, 1.165) is 42.8 Å². The highest BCUT2D eigenvalue weighted by molar-refractivity contribution is 7.99. The third-order valence-electron chi connectivity index (χ3n) is 4.95. The standard InChI is InChI=1S/C20H32N2O3S/c1-21(12-16-3-4-16)13-17-5-6-19(20(11-17)24-2)25-15-18(23)14-22-7-9-26-10-8-22/h5-6,11,16,18,23H,3-4,7-10,12-15H2,1-2H3/t18-/m0/s1. The van der Waals surface area contributed by atoms with E-state index < -0.39 is 6.10 Å². The van der Waals surface area contributed by atoms with Gasteiger partial charge < -0.3 is 19.5 Å². The van der Waals surface area contributed by atoms with Crippen molar-refractivity contribution in [2.45, 2.75) is 25.5 Å². The minimum Gasteiger partial charge on any atom is -0.493 e. The van der Waals surface area contributed by atoms with Crippen LogP contribution in [0, 0.1) is 5.92 Å². The lowest BCUT2D eigenvalue weighted by atomic mass is 10.2. The van der Waals surface area contributed by atoms with Crippen LogP contribution in [-0.2, 0) is 6.54 Å². The zero-order valence-corrected chi connectivity index (χ0v) is 16.8. The van der Waals surface area contributed by atoms with Gasteiger partial charge in [0, 0.05) is 44.2 Å². The number of methoxy groups -OCH3 is 1. The monoisotopic (exact) mass is 380 g/mol. The van der Waals surface area contributed by atoms with Crippen molar-refractivity contribution in [1.82, 2.24) is 9.80 Å². The molecule has 6 heteroatoms. The first-order valence-electron chi connectivity index (χ1n) is 9.60. The van der Waals surface area contributed by atoms with Crippen molar-refractivity contribution < 1.29 is 14.6 Å². The number of β-amino-alcohol motifs (C(OH)–C–C–N with tert-alkyl or cyclic N) is 1. The molecule has 1 aliphatic heterocycles. The van der Waals surface area contributed by atoms with Gasteiger partial charge in [-0.3, -0.25) is 4.90 Å². The van der Waals surface area contributed by atoms with Crippen LogP contribution < -0.4 is 9.47 Å². The molecule has 0 radical (unpaired) electrons. The first kappa shape index (κ1) is 19.8. The van der Waals surface area contributed by atoms with Crippen molar-refractivity contribution in [2.24, 2.45) is 5.92 Å². The van der Waals surface area contributed by atoms with Gasteiger partial charge in [0.2, 0.25) is 0 Å². The van der Waals surface area contributed by atoms with E-state index in [1.165, 1.54) is 24.9 Å². The summed E-state index contributed by atoms with van der Waals surface area (Å²) in [4.78, 5) is 4.67. The second-order valence-electron chi connectivity index (χ2n) is 7.50. The molecular formula is C20H32N2O3S. The van der Waals surface area contributed by atoms with Crippen molar-refractivity contribution >= 4 is 11.8 Å². The Balaban J connectivity index is 1.48. The predicted octanol–water partition coefficient (Wildman–Crippen LogP) is 2.33. The molecule has 0 aromatic heterocycles. The summed E-state index contributed by atoms with van der Waals surface area (Å²) in [6.45, 7) is 5.15. The molecule has 1 heterocycles. The fourth-order valence-corrected chi connectivity index (χ4v) is 4.35. The summed E-state index contributed by atoms with van der Waals surface area (Å²) in [7, 11) is 3.84. The number of benzene rings is 1. The predicted molar refractivity (Wildman–Crippen MR) is 107 cm³/mol.